The second-order valence-corrected chi connectivity index (χ2v) is 6.27. The van der Waals surface area contributed by atoms with E-state index in [1.165, 1.54) is 0 Å². The molecule has 0 aliphatic carbocycles. The normalized spacial score (nSPS) is 11.9. The molecule has 0 aliphatic rings. The molecule has 0 spiro atoms. The van der Waals surface area contributed by atoms with Crippen LogP contribution in [0.25, 0.3) is 10.8 Å². The maximum absolute atomic E-state index is 12.5. The largest absolute Gasteiger partial charge is 0.480 e. The van der Waals surface area contributed by atoms with Crippen LogP contribution in [0, 0.1) is 0 Å². The summed E-state index contributed by atoms with van der Waals surface area (Å²) in [6, 6.07) is 21.6. The predicted octanol–water partition coefficient (Wildman–Crippen LogP) is 4.97. The van der Waals surface area contributed by atoms with Gasteiger partial charge in [0.05, 0.1) is 5.69 Å². The van der Waals surface area contributed by atoms with E-state index in [2.05, 4.69) is 5.32 Å². The molecular formula is C20H19NO2S. The van der Waals surface area contributed by atoms with Crippen LogP contribution in [0.4, 0.5) is 5.69 Å². The van der Waals surface area contributed by atoms with Crippen LogP contribution in [-0.4, -0.2) is 18.3 Å². The van der Waals surface area contributed by atoms with Crippen LogP contribution >= 0.6 is 11.8 Å². The van der Waals surface area contributed by atoms with Crippen LogP contribution in [0.15, 0.2) is 71.6 Å². The standard InChI is InChI=1S/C20H19NO2S/c1-14(20(22)21-17-11-5-6-13-19(17)24-2)23-18-12-7-9-15-8-3-4-10-16(15)18/h3-14H,1-2H3,(H,21,22). The highest BCUT2D eigenvalue weighted by Gasteiger charge is 2.17. The molecule has 1 N–H and O–H groups in total. The first kappa shape index (κ1) is 16.4. The van der Waals surface area contributed by atoms with Crippen molar-refractivity contribution in [2.24, 2.45) is 0 Å². The van der Waals surface area contributed by atoms with Gasteiger partial charge in [0, 0.05) is 10.3 Å². The van der Waals surface area contributed by atoms with Gasteiger partial charge in [-0.15, -0.1) is 11.8 Å². The summed E-state index contributed by atoms with van der Waals surface area (Å²) in [6.07, 6.45) is 1.40. The van der Waals surface area contributed by atoms with Crippen molar-refractivity contribution in [3.63, 3.8) is 0 Å². The molecule has 3 aromatic rings. The minimum Gasteiger partial charge on any atom is -0.480 e. The number of thioether (sulfide) groups is 1. The maximum atomic E-state index is 12.5. The summed E-state index contributed by atoms with van der Waals surface area (Å²) in [7, 11) is 0. The summed E-state index contributed by atoms with van der Waals surface area (Å²) in [4.78, 5) is 13.5. The smallest absolute Gasteiger partial charge is 0.265 e. The number of anilines is 1. The molecule has 0 saturated heterocycles. The highest BCUT2D eigenvalue weighted by molar-refractivity contribution is 7.98. The predicted molar refractivity (Wildman–Crippen MR) is 101 cm³/mol. The number of benzene rings is 3. The van der Waals surface area contributed by atoms with Gasteiger partial charge >= 0.3 is 0 Å². The molecule has 24 heavy (non-hydrogen) atoms. The van der Waals surface area contributed by atoms with Gasteiger partial charge in [-0.3, -0.25) is 4.79 Å². The highest BCUT2D eigenvalue weighted by Crippen LogP contribution is 2.27. The summed E-state index contributed by atoms with van der Waals surface area (Å²) < 4.78 is 5.92. The summed E-state index contributed by atoms with van der Waals surface area (Å²) in [5, 5.41) is 5.04. The van der Waals surface area contributed by atoms with Crippen molar-refractivity contribution >= 4 is 34.1 Å². The summed E-state index contributed by atoms with van der Waals surface area (Å²) >= 11 is 1.60. The Bertz CT molecular complexity index is 858. The number of rotatable bonds is 5. The number of ether oxygens (including phenoxy) is 1. The molecule has 122 valence electrons. The van der Waals surface area contributed by atoms with Gasteiger partial charge in [-0.25, -0.2) is 0 Å². The second kappa shape index (κ2) is 7.41. The van der Waals surface area contributed by atoms with Crippen LogP contribution in [0.5, 0.6) is 5.75 Å². The first-order valence-electron chi connectivity index (χ1n) is 7.77. The SMILES string of the molecule is CSc1ccccc1NC(=O)C(C)Oc1cccc2ccccc12. The number of amides is 1. The van der Waals surface area contributed by atoms with E-state index < -0.39 is 6.10 Å². The number of fused-ring (bicyclic) bond motifs is 1. The molecule has 0 aromatic heterocycles. The zero-order valence-electron chi connectivity index (χ0n) is 13.7. The Morgan fingerprint density at radius 1 is 1.00 bits per heavy atom. The third-order valence-corrected chi connectivity index (χ3v) is 4.58. The molecule has 0 radical (unpaired) electrons. The molecule has 1 unspecified atom stereocenters. The number of nitrogens with one attached hydrogen (secondary N) is 1. The fraction of sp³-hybridized carbons (Fsp3) is 0.150. The van der Waals surface area contributed by atoms with Crippen molar-refractivity contribution in [2.75, 3.05) is 11.6 Å². The molecule has 0 bridgehead atoms. The van der Waals surface area contributed by atoms with Crippen molar-refractivity contribution in [2.45, 2.75) is 17.9 Å². The fourth-order valence-electron chi connectivity index (χ4n) is 2.52. The zero-order valence-corrected chi connectivity index (χ0v) is 14.5. The van der Waals surface area contributed by atoms with Crippen molar-refractivity contribution < 1.29 is 9.53 Å². The van der Waals surface area contributed by atoms with Crippen molar-refractivity contribution in [3.8, 4) is 5.75 Å². The number of para-hydroxylation sites is 1. The average molecular weight is 337 g/mol. The molecule has 1 amide bonds. The van der Waals surface area contributed by atoms with E-state index >= 15 is 0 Å². The number of hydrogen-bond acceptors (Lipinski definition) is 3. The summed E-state index contributed by atoms with van der Waals surface area (Å²) in [5.74, 6) is 0.554. The van der Waals surface area contributed by atoms with E-state index in [0.29, 0.717) is 5.75 Å². The Hall–Kier alpha value is -2.46. The molecule has 3 rings (SSSR count). The average Bonchev–Trinajstić information content (AvgIpc) is 2.62. The third kappa shape index (κ3) is 3.54. The van der Waals surface area contributed by atoms with E-state index in [4.69, 9.17) is 4.74 Å². The lowest BCUT2D eigenvalue weighted by atomic mass is 10.1. The lowest BCUT2D eigenvalue weighted by Crippen LogP contribution is -2.30. The van der Waals surface area contributed by atoms with Gasteiger partial charge in [-0.2, -0.15) is 0 Å². The van der Waals surface area contributed by atoms with Crippen molar-refractivity contribution in [3.05, 3.63) is 66.7 Å². The van der Waals surface area contributed by atoms with E-state index in [1.807, 2.05) is 73.0 Å². The molecule has 0 fully saturated rings. The lowest BCUT2D eigenvalue weighted by molar-refractivity contribution is -0.122. The van der Waals surface area contributed by atoms with Gasteiger partial charge in [0.15, 0.2) is 6.10 Å². The third-order valence-electron chi connectivity index (χ3n) is 3.79. The Labute approximate surface area is 146 Å². The van der Waals surface area contributed by atoms with Crippen LogP contribution in [-0.2, 0) is 4.79 Å². The first-order valence-corrected chi connectivity index (χ1v) is 9.00. The van der Waals surface area contributed by atoms with Crippen LogP contribution in [0.3, 0.4) is 0 Å². The van der Waals surface area contributed by atoms with Crippen LogP contribution in [0.1, 0.15) is 6.92 Å². The van der Waals surface area contributed by atoms with E-state index in [-0.39, 0.29) is 5.91 Å². The molecule has 3 nitrogen and oxygen atoms in total. The quantitative estimate of drug-likeness (QED) is 0.668. The number of hydrogen-bond donors (Lipinski definition) is 1. The maximum Gasteiger partial charge on any atom is 0.265 e. The molecule has 0 heterocycles. The lowest BCUT2D eigenvalue weighted by Gasteiger charge is -2.17. The van der Waals surface area contributed by atoms with E-state index in [9.17, 15) is 4.79 Å². The van der Waals surface area contributed by atoms with Crippen molar-refractivity contribution in [1.29, 1.82) is 0 Å². The van der Waals surface area contributed by atoms with Crippen molar-refractivity contribution in [1.82, 2.24) is 0 Å². The van der Waals surface area contributed by atoms with Gasteiger partial charge < -0.3 is 10.1 Å². The highest BCUT2D eigenvalue weighted by atomic mass is 32.2. The number of carbonyl (C=O) groups excluding carboxylic acids is 1. The number of carbonyl (C=O) groups is 1. The Balaban J connectivity index is 1.76. The Morgan fingerprint density at radius 3 is 2.54 bits per heavy atom. The van der Waals surface area contributed by atoms with E-state index in [1.54, 1.807) is 18.7 Å². The molecule has 4 heteroatoms. The first-order chi connectivity index (χ1) is 11.7. The minimum absolute atomic E-state index is 0.163. The van der Waals surface area contributed by atoms with Gasteiger partial charge in [0.25, 0.3) is 5.91 Å². The van der Waals surface area contributed by atoms with E-state index in [0.717, 1.165) is 21.4 Å². The summed E-state index contributed by atoms with van der Waals surface area (Å²) in [6.45, 7) is 1.76. The second-order valence-electron chi connectivity index (χ2n) is 5.43. The fourth-order valence-corrected chi connectivity index (χ4v) is 3.08. The van der Waals surface area contributed by atoms with Gasteiger partial charge in [0.1, 0.15) is 5.75 Å². The van der Waals surface area contributed by atoms with Crippen LogP contribution < -0.4 is 10.1 Å². The Kier molecular flexibility index (Phi) is 5.06. The van der Waals surface area contributed by atoms with Gasteiger partial charge in [-0.05, 0) is 36.8 Å². The Morgan fingerprint density at radius 2 is 1.71 bits per heavy atom. The monoisotopic (exact) mass is 337 g/mol. The van der Waals surface area contributed by atoms with Gasteiger partial charge in [0.2, 0.25) is 0 Å². The minimum atomic E-state index is -0.592. The molecule has 3 aromatic carbocycles. The zero-order chi connectivity index (χ0) is 16.9. The van der Waals surface area contributed by atoms with Gasteiger partial charge in [-0.1, -0.05) is 48.5 Å². The molecule has 0 aliphatic heterocycles. The topological polar surface area (TPSA) is 38.3 Å². The summed E-state index contributed by atoms with van der Waals surface area (Å²) in [5.41, 5.74) is 0.809. The molecule has 1 atom stereocenters. The molecular weight excluding hydrogens is 318 g/mol. The molecule has 0 saturated carbocycles. The van der Waals surface area contributed by atoms with Crippen LogP contribution in [0.2, 0.25) is 0 Å².